The van der Waals surface area contributed by atoms with Crippen LogP contribution in [0.15, 0.2) is 176 Å². The normalized spacial score (nSPS) is 17.5. The Balaban J connectivity index is 0.000000118. The molecule has 0 radical (unpaired) electrons. The molecule has 0 amide bonds. The lowest BCUT2D eigenvalue weighted by atomic mass is 9.70. The SMILES string of the molecule is Cc1cc(-c2ccccc2C)[n+](C)cc1-c1ccc2c(c1)CCC1(CCCC1)C2.Cc1ccccc1-c1cc(-c2ccc3c(c2)CC2(CCCC2)C3)cc[n+]1C.Cc1ccccc1-c1cc(-c2ccc3c(c2)CC2(CCCCC2)C3)cc[n+]1C. The summed E-state index contributed by atoms with van der Waals surface area (Å²) in [6.07, 6.45) is 34.5. The summed E-state index contributed by atoms with van der Waals surface area (Å²) in [4.78, 5) is 0. The summed E-state index contributed by atoms with van der Waals surface area (Å²) in [7, 11) is 6.45. The second-order valence-corrected chi connectivity index (χ2v) is 27.4. The second-order valence-electron chi connectivity index (χ2n) is 27.4. The Hall–Kier alpha value is -7.23. The van der Waals surface area contributed by atoms with Gasteiger partial charge in [-0.1, -0.05) is 154 Å². The first-order valence-corrected chi connectivity index (χ1v) is 32.4. The summed E-state index contributed by atoms with van der Waals surface area (Å²) >= 11 is 0. The van der Waals surface area contributed by atoms with Gasteiger partial charge in [0.2, 0.25) is 17.1 Å². The summed E-state index contributed by atoms with van der Waals surface area (Å²) in [5.74, 6) is 0. The van der Waals surface area contributed by atoms with Gasteiger partial charge in [-0.15, -0.1) is 0 Å². The van der Waals surface area contributed by atoms with Crippen molar-refractivity contribution in [2.45, 2.75) is 156 Å². The van der Waals surface area contributed by atoms with Crippen LogP contribution >= 0.6 is 0 Å². The van der Waals surface area contributed by atoms with Crippen LogP contribution in [0.1, 0.15) is 146 Å². The lowest BCUT2D eigenvalue weighted by Crippen LogP contribution is -2.31. The molecule has 6 aliphatic rings. The Kier molecular flexibility index (Phi) is 15.5. The average Bonchev–Trinajstić information content (AvgIpc) is 3.98. The molecule has 0 atom stereocenters. The van der Waals surface area contributed by atoms with Crippen molar-refractivity contribution in [3.63, 3.8) is 0 Å². The quantitative estimate of drug-likeness (QED) is 0.147. The number of benzene rings is 6. The number of pyridine rings is 3. The zero-order valence-electron chi connectivity index (χ0n) is 51.7. The number of hydrogen-bond acceptors (Lipinski definition) is 0. The fourth-order valence-electron chi connectivity index (χ4n) is 16.7. The van der Waals surface area contributed by atoms with Gasteiger partial charge in [0.15, 0.2) is 18.6 Å². The standard InChI is InChI=1S/C28H32N.C27H30N.C26H28N/c1-20-8-4-5-9-25(20)27-16-21(2)26(19-29(27)3)23-10-11-24-18-28(13-6-7-14-28)15-12-22(24)17-23;1-20-8-4-5-9-25(20)26-17-22(12-15-28(26)2)21-10-11-23-18-27(19-24(23)16-21)13-6-3-7-14-27;1-19-7-3-4-8-24(19)25-16-21(11-14-27(25)2)20-9-10-22-17-26(12-5-6-13-26)18-23(22)15-20/h4-5,8-11,16-17,19H,6-7,12-15,18H2,1-3H3;4-5,8-12,15-17H,3,6-7,13-14,18-19H2,1-2H3;3-4,7-11,14-16H,5-6,12-13,17-18H2,1-2H3/q3*+1. The van der Waals surface area contributed by atoms with Gasteiger partial charge in [0.25, 0.3) is 0 Å². The van der Waals surface area contributed by atoms with Crippen LogP contribution in [-0.4, -0.2) is 0 Å². The van der Waals surface area contributed by atoms with Gasteiger partial charge in [-0.05, 0) is 229 Å². The van der Waals surface area contributed by atoms with Crippen molar-refractivity contribution >= 4 is 0 Å². The Labute approximate surface area is 503 Å². The van der Waals surface area contributed by atoms with Gasteiger partial charge in [-0.3, -0.25) is 0 Å². The molecule has 3 heterocycles. The van der Waals surface area contributed by atoms with E-state index < -0.39 is 0 Å². The maximum atomic E-state index is 2.48. The first-order valence-electron chi connectivity index (χ1n) is 32.4. The lowest BCUT2D eigenvalue weighted by Gasteiger charge is -2.35. The van der Waals surface area contributed by atoms with Crippen molar-refractivity contribution in [2.24, 2.45) is 37.4 Å². The maximum absolute atomic E-state index is 2.48. The van der Waals surface area contributed by atoms with Crippen molar-refractivity contribution < 1.29 is 13.7 Å². The Morgan fingerprint density at radius 2 is 0.655 bits per heavy atom. The topological polar surface area (TPSA) is 11.6 Å². The van der Waals surface area contributed by atoms with Crippen molar-refractivity contribution in [3.8, 4) is 67.2 Å². The fourth-order valence-corrected chi connectivity index (χ4v) is 16.7. The molecule has 3 spiro atoms. The summed E-state index contributed by atoms with van der Waals surface area (Å²) in [5.41, 5.74) is 32.6. The monoisotopic (exact) mass is 1100 g/mol. The van der Waals surface area contributed by atoms with Gasteiger partial charge >= 0.3 is 0 Å². The van der Waals surface area contributed by atoms with Gasteiger partial charge in [0, 0.05) is 52.6 Å². The highest BCUT2D eigenvalue weighted by Crippen LogP contribution is 2.51. The minimum absolute atomic E-state index is 0.578. The summed E-state index contributed by atoms with van der Waals surface area (Å²) < 4.78 is 6.75. The van der Waals surface area contributed by atoms with Crippen molar-refractivity contribution in [3.05, 3.63) is 232 Å². The number of hydrogen-bond donors (Lipinski definition) is 0. The number of aryl methyl sites for hydroxylation is 8. The van der Waals surface area contributed by atoms with E-state index in [1.165, 1.54) is 218 Å². The van der Waals surface area contributed by atoms with E-state index in [-0.39, 0.29) is 0 Å². The minimum atomic E-state index is 0.578. The number of rotatable bonds is 6. The first kappa shape index (κ1) is 55.9. The van der Waals surface area contributed by atoms with Crippen LogP contribution in [-0.2, 0) is 59.7 Å². The summed E-state index contributed by atoms with van der Waals surface area (Å²) in [5, 5.41) is 0. The van der Waals surface area contributed by atoms with Crippen molar-refractivity contribution in [2.75, 3.05) is 0 Å². The molecule has 0 aliphatic heterocycles. The van der Waals surface area contributed by atoms with Crippen LogP contribution in [0.5, 0.6) is 0 Å². The van der Waals surface area contributed by atoms with Crippen LogP contribution in [0.25, 0.3) is 67.2 Å². The highest BCUT2D eigenvalue weighted by atomic mass is 14.9. The molecule has 0 unspecified atom stereocenters. The van der Waals surface area contributed by atoms with E-state index in [1.54, 1.807) is 33.4 Å². The fraction of sp³-hybridized carbons (Fsp3) is 0.370. The molecule has 3 fully saturated rings. The molecular weight excluding hydrogens is 1010 g/mol. The van der Waals surface area contributed by atoms with Crippen LogP contribution < -0.4 is 13.7 Å². The third-order valence-corrected chi connectivity index (χ3v) is 21.6. The van der Waals surface area contributed by atoms with Crippen molar-refractivity contribution in [1.82, 2.24) is 0 Å². The molecule has 9 aromatic rings. The molecule has 3 heteroatoms. The highest BCUT2D eigenvalue weighted by molar-refractivity contribution is 5.74. The first-order chi connectivity index (χ1) is 40.8. The smallest absolute Gasteiger partial charge is 0.201 e. The predicted molar refractivity (Wildman–Crippen MR) is 349 cm³/mol. The molecule has 0 bridgehead atoms. The molecule has 15 rings (SSSR count). The van der Waals surface area contributed by atoms with Gasteiger partial charge in [-0.2, -0.15) is 0 Å². The van der Waals surface area contributed by atoms with Gasteiger partial charge in [0.1, 0.15) is 21.1 Å². The van der Waals surface area contributed by atoms with Gasteiger partial charge < -0.3 is 0 Å². The molecule has 0 saturated heterocycles. The Bertz CT molecular complexity index is 3910. The van der Waals surface area contributed by atoms with Crippen LogP contribution in [0, 0.1) is 43.9 Å². The number of aromatic nitrogens is 3. The van der Waals surface area contributed by atoms with E-state index in [0.717, 1.165) is 0 Å². The number of fused-ring (bicyclic) bond motifs is 3. The van der Waals surface area contributed by atoms with E-state index in [0.29, 0.717) is 16.2 Å². The summed E-state index contributed by atoms with van der Waals surface area (Å²) in [6, 6.07) is 59.3. The Morgan fingerprint density at radius 1 is 0.286 bits per heavy atom. The van der Waals surface area contributed by atoms with E-state index in [4.69, 9.17) is 0 Å². The zero-order chi connectivity index (χ0) is 57.6. The van der Waals surface area contributed by atoms with Gasteiger partial charge in [0.05, 0.1) is 0 Å². The molecule has 84 heavy (non-hydrogen) atoms. The average molecular weight is 1110 g/mol. The molecule has 0 N–H and O–H groups in total. The third-order valence-electron chi connectivity index (χ3n) is 21.6. The predicted octanol–water partition coefficient (Wildman–Crippen LogP) is 18.5. The highest BCUT2D eigenvalue weighted by Gasteiger charge is 2.41. The lowest BCUT2D eigenvalue weighted by molar-refractivity contribution is -0.660. The van der Waals surface area contributed by atoms with Crippen molar-refractivity contribution in [1.29, 1.82) is 0 Å². The van der Waals surface area contributed by atoms with E-state index in [2.05, 4.69) is 239 Å². The third kappa shape index (κ3) is 11.3. The molecular formula is C81H90N3+3. The van der Waals surface area contributed by atoms with E-state index in [9.17, 15) is 0 Å². The van der Waals surface area contributed by atoms with E-state index >= 15 is 0 Å². The molecule has 3 aromatic heterocycles. The number of nitrogens with zero attached hydrogens (tertiary/aromatic N) is 3. The summed E-state index contributed by atoms with van der Waals surface area (Å²) in [6.45, 7) is 8.84. The minimum Gasteiger partial charge on any atom is -0.201 e. The Morgan fingerprint density at radius 3 is 1.13 bits per heavy atom. The molecule has 6 aromatic carbocycles. The largest absolute Gasteiger partial charge is 0.213 e. The van der Waals surface area contributed by atoms with Crippen LogP contribution in [0.4, 0.5) is 0 Å². The zero-order valence-corrected chi connectivity index (χ0v) is 51.7. The molecule has 3 nitrogen and oxygen atoms in total. The van der Waals surface area contributed by atoms with Gasteiger partial charge in [-0.25, -0.2) is 13.7 Å². The van der Waals surface area contributed by atoms with Crippen LogP contribution in [0.3, 0.4) is 0 Å². The molecule has 3 saturated carbocycles. The molecule has 426 valence electrons. The molecule has 6 aliphatic carbocycles. The second kappa shape index (κ2) is 23.3. The van der Waals surface area contributed by atoms with Crippen LogP contribution in [0.2, 0.25) is 0 Å². The maximum Gasteiger partial charge on any atom is 0.213 e. The van der Waals surface area contributed by atoms with E-state index in [1.807, 2.05) is 0 Å².